The predicted molar refractivity (Wildman–Crippen MR) is 103 cm³/mol. The molecule has 1 saturated carbocycles. The Morgan fingerprint density at radius 3 is 2.48 bits per heavy atom. The highest BCUT2D eigenvalue weighted by Gasteiger charge is 2.31. The van der Waals surface area contributed by atoms with Crippen LogP contribution in [0, 0.1) is 5.92 Å². The van der Waals surface area contributed by atoms with E-state index in [-0.39, 0.29) is 23.6 Å². The van der Waals surface area contributed by atoms with Crippen LogP contribution in [0.3, 0.4) is 0 Å². The van der Waals surface area contributed by atoms with E-state index in [2.05, 4.69) is 16.0 Å². The molecule has 140 valence electrons. The van der Waals surface area contributed by atoms with Crippen LogP contribution in [0.25, 0.3) is 10.8 Å². The molecule has 1 aliphatic carbocycles. The number of fused-ring (bicyclic) bond motifs is 1. The van der Waals surface area contributed by atoms with Crippen LogP contribution in [0.4, 0.5) is 5.69 Å². The molecule has 27 heavy (non-hydrogen) atoms. The number of carbonyl (C=O) groups is 3. The maximum Gasteiger partial charge on any atom is 0.254 e. The minimum Gasteiger partial charge on any atom is -0.354 e. The zero-order valence-electron chi connectivity index (χ0n) is 15.1. The molecule has 0 unspecified atom stereocenters. The molecule has 0 aromatic heterocycles. The van der Waals surface area contributed by atoms with Gasteiger partial charge in [0.15, 0.2) is 0 Å². The molecule has 1 aliphatic heterocycles. The molecule has 2 aromatic carbocycles. The highest BCUT2D eigenvalue weighted by atomic mass is 16.2. The Kier molecular flexibility index (Phi) is 4.79. The quantitative estimate of drug-likeness (QED) is 0.778. The van der Waals surface area contributed by atoms with Gasteiger partial charge >= 0.3 is 0 Å². The van der Waals surface area contributed by atoms with E-state index in [1.54, 1.807) is 6.07 Å². The van der Waals surface area contributed by atoms with E-state index < -0.39 is 6.04 Å². The first-order chi connectivity index (χ1) is 13.1. The molecule has 6 nitrogen and oxygen atoms in total. The first kappa shape index (κ1) is 17.5. The molecule has 3 amide bonds. The number of anilines is 1. The number of benzene rings is 2. The topological polar surface area (TPSA) is 87.3 Å². The normalized spacial score (nSPS) is 19.9. The van der Waals surface area contributed by atoms with Gasteiger partial charge in [-0.25, -0.2) is 0 Å². The van der Waals surface area contributed by atoms with Crippen molar-refractivity contribution in [1.82, 2.24) is 10.6 Å². The van der Waals surface area contributed by atoms with E-state index in [9.17, 15) is 14.4 Å². The van der Waals surface area contributed by atoms with Crippen molar-refractivity contribution in [1.29, 1.82) is 0 Å². The van der Waals surface area contributed by atoms with E-state index in [4.69, 9.17) is 0 Å². The van der Waals surface area contributed by atoms with E-state index >= 15 is 0 Å². The van der Waals surface area contributed by atoms with Crippen molar-refractivity contribution in [2.24, 2.45) is 5.92 Å². The number of amides is 3. The summed E-state index contributed by atoms with van der Waals surface area (Å²) in [6, 6.07) is 10.8. The van der Waals surface area contributed by atoms with Gasteiger partial charge in [0.2, 0.25) is 11.8 Å². The van der Waals surface area contributed by atoms with Crippen LogP contribution in [0.15, 0.2) is 36.4 Å². The second kappa shape index (κ2) is 7.39. The van der Waals surface area contributed by atoms with E-state index in [1.807, 2.05) is 30.3 Å². The molecule has 1 atom stereocenters. The first-order valence-corrected chi connectivity index (χ1v) is 9.54. The number of nitrogens with one attached hydrogen (secondary N) is 3. The van der Waals surface area contributed by atoms with Crippen molar-refractivity contribution >= 4 is 34.2 Å². The van der Waals surface area contributed by atoms with E-state index in [1.165, 1.54) is 0 Å². The smallest absolute Gasteiger partial charge is 0.254 e. The van der Waals surface area contributed by atoms with Crippen LogP contribution in [0.5, 0.6) is 0 Å². The Morgan fingerprint density at radius 2 is 1.74 bits per heavy atom. The summed E-state index contributed by atoms with van der Waals surface area (Å²) in [5.74, 6) is -0.495. The molecule has 3 N–H and O–H groups in total. The number of rotatable bonds is 4. The van der Waals surface area contributed by atoms with Crippen molar-refractivity contribution < 1.29 is 14.4 Å². The van der Waals surface area contributed by atoms with E-state index in [0.717, 1.165) is 36.5 Å². The fourth-order valence-electron chi connectivity index (χ4n) is 3.42. The lowest BCUT2D eigenvalue weighted by atomic mass is 10.0. The molecular formula is C21H23N3O3. The molecule has 0 spiro atoms. The lowest BCUT2D eigenvalue weighted by Gasteiger charge is -2.18. The van der Waals surface area contributed by atoms with Crippen LogP contribution < -0.4 is 16.0 Å². The largest absolute Gasteiger partial charge is 0.354 e. The van der Waals surface area contributed by atoms with Gasteiger partial charge in [-0.15, -0.1) is 0 Å². The molecule has 2 aromatic rings. The summed E-state index contributed by atoms with van der Waals surface area (Å²) in [6.07, 6.45) is 4.20. The number of carbonyl (C=O) groups excluding carboxylic acids is 3. The molecule has 2 fully saturated rings. The van der Waals surface area contributed by atoms with Crippen molar-refractivity contribution in [2.75, 3.05) is 11.9 Å². The lowest BCUT2D eigenvalue weighted by Crippen LogP contribution is -2.45. The highest BCUT2D eigenvalue weighted by molar-refractivity contribution is 6.09. The molecule has 0 bridgehead atoms. The Hall–Kier alpha value is -2.89. The van der Waals surface area contributed by atoms with Crippen molar-refractivity contribution in [2.45, 2.75) is 38.1 Å². The minimum absolute atomic E-state index is 0.0417. The van der Waals surface area contributed by atoms with Crippen LogP contribution in [0.2, 0.25) is 0 Å². The third-order valence-electron chi connectivity index (χ3n) is 5.18. The SMILES string of the molecule is O=C(N[C@H]1CCCCNC1=O)c1cc2ccccc2cc1NC(=O)C1CC1. The Labute approximate surface area is 157 Å². The van der Waals surface area contributed by atoms with Crippen LogP contribution in [-0.4, -0.2) is 30.3 Å². The maximum atomic E-state index is 13.0. The Balaban J connectivity index is 1.64. The van der Waals surface area contributed by atoms with Gasteiger partial charge in [-0.05, 0) is 55.0 Å². The highest BCUT2D eigenvalue weighted by Crippen LogP contribution is 2.32. The van der Waals surface area contributed by atoms with Gasteiger partial charge < -0.3 is 16.0 Å². The zero-order chi connectivity index (χ0) is 18.8. The molecule has 2 aliphatic rings. The first-order valence-electron chi connectivity index (χ1n) is 9.54. The van der Waals surface area contributed by atoms with Crippen LogP contribution in [-0.2, 0) is 9.59 Å². The van der Waals surface area contributed by atoms with Crippen molar-refractivity contribution in [3.05, 3.63) is 42.0 Å². The van der Waals surface area contributed by atoms with Crippen molar-refractivity contribution in [3.63, 3.8) is 0 Å². The third kappa shape index (κ3) is 3.94. The van der Waals surface area contributed by atoms with Gasteiger partial charge in [0.1, 0.15) is 6.04 Å². The van der Waals surface area contributed by atoms with Crippen LogP contribution >= 0.6 is 0 Å². The summed E-state index contributed by atoms with van der Waals surface area (Å²) in [7, 11) is 0. The van der Waals surface area contributed by atoms with Gasteiger partial charge in [0, 0.05) is 12.5 Å². The molecule has 4 rings (SSSR count). The minimum atomic E-state index is -0.543. The third-order valence-corrected chi connectivity index (χ3v) is 5.18. The monoisotopic (exact) mass is 365 g/mol. The summed E-state index contributed by atoms with van der Waals surface area (Å²) in [4.78, 5) is 37.4. The second-order valence-corrected chi connectivity index (χ2v) is 7.32. The summed E-state index contributed by atoms with van der Waals surface area (Å²) in [6.45, 7) is 0.643. The molecule has 1 heterocycles. The predicted octanol–water partition coefficient (Wildman–Crippen LogP) is 2.59. The van der Waals surface area contributed by atoms with Gasteiger partial charge in [-0.2, -0.15) is 0 Å². The fraction of sp³-hybridized carbons (Fsp3) is 0.381. The summed E-state index contributed by atoms with van der Waals surface area (Å²) in [5.41, 5.74) is 0.886. The molecule has 1 saturated heterocycles. The van der Waals surface area contributed by atoms with Gasteiger partial charge in [-0.1, -0.05) is 24.3 Å². The number of hydrogen-bond acceptors (Lipinski definition) is 3. The standard InChI is InChI=1S/C21H23N3O3/c25-19(13-8-9-13)24-18-12-15-6-2-1-5-14(15)11-16(18)20(26)23-17-7-3-4-10-22-21(17)27/h1-2,5-6,11-13,17H,3-4,7-10H2,(H,22,27)(H,23,26)(H,24,25)/t17-/m0/s1. The average Bonchev–Trinajstić information content (AvgIpc) is 3.51. The van der Waals surface area contributed by atoms with Crippen molar-refractivity contribution in [3.8, 4) is 0 Å². The Morgan fingerprint density at radius 1 is 1.00 bits per heavy atom. The summed E-state index contributed by atoms with van der Waals surface area (Å²) in [5, 5.41) is 10.4. The summed E-state index contributed by atoms with van der Waals surface area (Å²) < 4.78 is 0. The molecule has 0 radical (unpaired) electrons. The van der Waals surface area contributed by atoms with E-state index in [0.29, 0.717) is 24.2 Å². The molecular weight excluding hydrogens is 342 g/mol. The molecule has 6 heteroatoms. The fourth-order valence-corrected chi connectivity index (χ4v) is 3.42. The average molecular weight is 365 g/mol. The number of hydrogen-bond donors (Lipinski definition) is 3. The maximum absolute atomic E-state index is 13.0. The second-order valence-electron chi connectivity index (χ2n) is 7.32. The lowest BCUT2D eigenvalue weighted by molar-refractivity contribution is -0.122. The van der Waals surface area contributed by atoms with Gasteiger partial charge in [0.05, 0.1) is 11.3 Å². The van der Waals surface area contributed by atoms with Gasteiger partial charge in [0.25, 0.3) is 5.91 Å². The van der Waals surface area contributed by atoms with Gasteiger partial charge in [-0.3, -0.25) is 14.4 Å². The Bertz CT molecular complexity index is 905. The van der Waals surface area contributed by atoms with Crippen LogP contribution in [0.1, 0.15) is 42.5 Å². The zero-order valence-corrected chi connectivity index (χ0v) is 15.1. The summed E-state index contributed by atoms with van der Waals surface area (Å²) >= 11 is 0.